The fraction of sp³-hybridized carbons (Fsp3) is 0.444. The van der Waals surface area contributed by atoms with E-state index in [4.69, 9.17) is 4.52 Å². The maximum absolute atomic E-state index is 12.5. The van der Waals surface area contributed by atoms with Crippen LogP contribution in [0.2, 0.25) is 0 Å². The summed E-state index contributed by atoms with van der Waals surface area (Å²) in [6.07, 6.45) is 0. The van der Waals surface area contributed by atoms with Crippen LogP contribution in [0, 0.1) is 13.8 Å². The third-order valence-electron chi connectivity index (χ3n) is 4.02. The number of nitrogens with zero attached hydrogens (tertiary/aromatic N) is 2. The standard InChI is InChI=1S/C18H26N4O4S/c1-12-17(14(3)26-20-12)27(24,25)21-13(2)18(23)19-10-15-8-6-7-9-16(15)11-22(4)5/h6-9,13,21H,10-11H2,1-5H3,(H,19,23)/t13-/m0/s1. The predicted molar refractivity (Wildman–Crippen MR) is 101 cm³/mol. The van der Waals surface area contributed by atoms with E-state index in [1.54, 1.807) is 0 Å². The molecule has 0 aliphatic rings. The van der Waals surface area contributed by atoms with Gasteiger partial charge in [-0.25, -0.2) is 8.42 Å². The summed E-state index contributed by atoms with van der Waals surface area (Å²) in [5, 5.41) is 6.43. The highest BCUT2D eigenvalue weighted by atomic mass is 32.2. The molecule has 148 valence electrons. The second kappa shape index (κ2) is 8.64. The number of nitrogens with one attached hydrogen (secondary N) is 2. The van der Waals surface area contributed by atoms with Crippen molar-refractivity contribution in [2.75, 3.05) is 14.1 Å². The van der Waals surface area contributed by atoms with Crippen molar-refractivity contribution in [1.29, 1.82) is 0 Å². The SMILES string of the molecule is Cc1noc(C)c1S(=O)(=O)N[C@@H](C)C(=O)NCc1ccccc1CN(C)C. The summed E-state index contributed by atoms with van der Waals surface area (Å²) in [7, 11) is 0.0430. The molecule has 9 heteroatoms. The van der Waals surface area contributed by atoms with E-state index >= 15 is 0 Å². The van der Waals surface area contributed by atoms with Gasteiger partial charge in [-0.05, 0) is 46.0 Å². The normalized spacial score (nSPS) is 13.0. The molecule has 0 saturated carbocycles. The number of sulfonamides is 1. The van der Waals surface area contributed by atoms with Crippen LogP contribution in [-0.2, 0) is 27.9 Å². The molecule has 2 rings (SSSR count). The number of carbonyl (C=O) groups is 1. The van der Waals surface area contributed by atoms with Crippen LogP contribution in [0.1, 0.15) is 29.5 Å². The average Bonchev–Trinajstić information content (AvgIpc) is 2.92. The maximum Gasteiger partial charge on any atom is 0.246 e. The van der Waals surface area contributed by atoms with Gasteiger partial charge in [-0.15, -0.1) is 0 Å². The Kier molecular flexibility index (Phi) is 6.74. The quantitative estimate of drug-likeness (QED) is 0.700. The van der Waals surface area contributed by atoms with Gasteiger partial charge in [0.05, 0.1) is 6.04 Å². The largest absolute Gasteiger partial charge is 0.360 e. The van der Waals surface area contributed by atoms with Crippen molar-refractivity contribution in [3.05, 3.63) is 46.8 Å². The lowest BCUT2D eigenvalue weighted by Crippen LogP contribution is -2.44. The van der Waals surface area contributed by atoms with Gasteiger partial charge >= 0.3 is 0 Å². The Hall–Kier alpha value is -2.23. The fourth-order valence-corrected chi connectivity index (χ4v) is 4.30. The van der Waals surface area contributed by atoms with Crippen LogP contribution in [0.25, 0.3) is 0 Å². The van der Waals surface area contributed by atoms with Crippen LogP contribution in [-0.4, -0.2) is 44.5 Å². The van der Waals surface area contributed by atoms with E-state index in [-0.39, 0.29) is 16.3 Å². The molecule has 8 nitrogen and oxygen atoms in total. The highest BCUT2D eigenvalue weighted by Crippen LogP contribution is 2.19. The molecule has 1 atom stereocenters. The molecule has 1 aromatic carbocycles. The molecule has 0 fully saturated rings. The molecule has 0 unspecified atom stereocenters. The summed E-state index contributed by atoms with van der Waals surface area (Å²) in [6, 6.07) is 6.86. The Morgan fingerprint density at radius 3 is 2.41 bits per heavy atom. The van der Waals surface area contributed by atoms with Crippen molar-refractivity contribution in [2.24, 2.45) is 0 Å². The van der Waals surface area contributed by atoms with E-state index in [0.717, 1.165) is 17.7 Å². The van der Waals surface area contributed by atoms with Crippen molar-refractivity contribution in [1.82, 2.24) is 20.1 Å². The summed E-state index contributed by atoms with van der Waals surface area (Å²) in [5.74, 6) is -0.227. The lowest BCUT2D eigenvalue weighted by atomic mass is 10.1. The van der Waals surface area contributed by atoms with Crippen LogP contribution in [0.15, 0.2) is 33.7 Å². The minimum Gasteiger partial charge on any atom is -0.360 e. The number of benzene rings is 1. The highest BCUT2D eigenvalue weighted by Gasteiger charge is 2.28. The molecule has 1 heterocycles. The molecule has 1 aromatic heterocycles. The second-order valence-corrected chi connectivity index (χ2v) is 8.37. The third-order valence-corrected chi connectivity index (χ3v) is 5.80. The number of aryl methyl sites for hydroxylation is 2. The zero-order valence-electron chi connectivity index (χ0n) is 16.2. The predicted octanol–water partition coefficient (Wildman–Crippen LogP) is 1.34. The number of amides is 1. The highest BCUT2D eigenvalue weighted by molar-refractivity contribution is 7.89. The van der Waals surface area contributed by atoms with Gasteiger partial charge in [0.15, 0.2) is 5.76 Å². The Balaban J connectivity index is 2.03. The number of hydrogen-bond donors (Lipinski definition) is 2. The Morgan fingerprint density at radius 2 is 1.85 bits per heavy atom. The molecule has 2 aromatic rings. The molecule has 2 N–H and O–H groups in total. The molecular weight excluding hydrogens is 368 g/mol. The molecule has 0 bridgehead atoms. The summed E-state index contributed by atoms with van der Waals surface area (Å²) in [6.45, 7) is 5.62. The van der Waals surface area contributed by atoms with Crippen molar-refractivity contribution >= 4 is 15.9 Å². The summed E-state index contributed by atoms with van der Waals surface area (Å²) < 4.78 is 32.3. The summed E-state index contributed by atoms with van der Waals surface area (Å²) in [5.41, 5.74) is 2.34. The first kappa shape index (κ1) is 21.1. The Bertz CT molecular complexity index is 886. The van der Waals surface area contributed by atoms with Gasteiger partial charge in [0.1, 0.15) is 10.6 Å². The van der Waals surface area contributed by atoms with E-state index in [0.29, 0.717) is 6.54 Å². The Labute approximate surface area is 160 Å². The van der Waals surface area contributed by atoms with Gasteiger partial charge in [0, 0.05) is 13.1 Å². The number of carbonyl (C=O) groups excluding carboxylic acids is 1. The monoisotopic (exact) mass is 394 g/mol. The van der Waals surface area contributed by atoms with Gasteiger partial charge in [0.2, 0.25) is 15.9 Å². The number of aromatic nitrogens is 1. The molecule has 0 aliphatic carbocycles. The molecular formula is C18H26N4O4S. The van der Waals surface area contributed by atoms with Gasteiger partial charge in [0.25, 0.3) is 0 Å². The van der Waals surface area contributed by atoms with Crippen LogP contribution >= 0.6 is 0 Å². The number of rotatable bonds is 8. The summed E-state index contributed by atoms with van der Waals surface area (Å²) >= 11 is 0. The van der Waals surface area contributed by atoms with Crippen LogP contribution < -0.4 is 10.0 Å². The van der Waals surface area contributed by atoms with Crippen LogP contribution in [0.5, 0.6) is 0 Å². The first-order chi connectivity index (χ1) is 12.6. The fourth-order valence-electron chi connectivity index (χ4n) is 2.76. The minimum atomic E-state index is -3.90. The van der Waals surface area contributed by atoms with Gasteiger partial charge < -0.3 is 14.7 Å². The second-order valence-electron chi connectivity index (χ2n) is 6.72. The van der Waals surface area contributed by atoms with E-state index in [9.17, 15) is 13.2 Å². The number of hydrogen-bond acceptors (Lipinski definition) is 6. The van der Waals surface area contributed by atoms with E-state index < -0.39 is 22.0 Å². The molecule has 0 aliphatic heterocycles. The van der Waals surface area contributed by atoms with Crippen molar-refractivity contribution in [3.63, 3.8) is 0 Å². The molecule has 1 amide bonds. The first-order valence-corrected chi connectivity index (χ1v) is 10.0. The van der Waals surface area contributed by atoms with Gasteiger partial charge in [-0.3, -0.25) is 4.79 Å². The lowest BCUT2D eigenvalue weighted by Gasteiger charge is -2.17. The Morgan fingerprint density at radius 1 is 1.22 bits per heavy atom. The molecule has 27 heavy (non-hydrogen) atoms. The maximum atomic E-state index is 12.5. The lowest BCUT2D eigenvalue weighted by molar-refractivity contribution is -0.122. The van der Waals surface area contributed by atoms with E-state index in [2.05, 4.69) is 15.2 Å². The molecule has 0 radical (unpaired) electrons. The minimum absolute atomic E-state index is 0.0292. The van der Waals surface area contributed by atoms with E-state index in [1.807, 2.05) is 43.3 Å². The molecule has 0 saturated heterocycles. The van der Waals surface area contributed by atoms with Gasteiger partial charge in [-0.1, -0.05) is 29.4 Å². The molecule has 0 spiro atoms. The zero-order chi connectivity index (χ0) is 20.2. The third kappa shape index (κ3) is 5.38. The van der Waals surface area contributed by atoms with Crippen molar-refractivity contribution in [2.45, 2.75) is 44.8 Å². The smallest absolute Gasteiger partial charge is 0.246 e. The topological polar surface area (TPSA) is 105 Å². The van der Waals surface area contributed by atoms with Gasteiger partial charge in [-0.2, -0.15) is 4.72 Å². The summed E-state index contributed by atoms with van der Waals surface area (Å²) in [4.78, 5) is 14.4. The van der Waals surface area contributed by atoms with Crippen molar-refractivity contribution < 1.29 is 17.7 Å². The van der Waals surface area contributed by atoms with Crippen molar-refractivity contribution in [3.8, 4) is 0 Å². The van der Waals surface area contributed by atoms with Crippen LogP contribution in [0.3, 0.4) is 0 Å². The van der Waals surface area contributed by atoms with E-state index in [1.165, 1.54) is 20.8 Å². The first-order valence-electron chi connectivity index (χ1n) is 8.56. The van der Waals surface area contributed by atoms with Crippen LogP contribution in [0.4, 0.5) is 0 Å². The average molecular weight is 394 g/mol. The zero-order valence-corrected chi connectivity index (χ0v) is 17.1.